The fraction of sp³-hybridized carbons (Fsp3) is 0.182. The van der Waals surface area contributed by atoms with Crippen molar-refractivity contribution < 1.29 is 9.90 Å². The molecule has 0 fully saturated rings. The summed E-state index contributed by atoms with van der Waals surface area (Å²) < 4.78 is 1.53. The Balaban J connectivity index is 2.51. The standard InChI is InChI=1S/C11H12N4O2/c12-5-9(11(16)17)8-3-1-2-4-10(8)15-7-13-6-14-15/h1-4,6-7,9H,5,12H2,(H,16,17). The molecule has 6 heteroatoms. The van der Waals surface area contributed by atoms with Crippen molar-refractivity contribution in [3.63, 3.8) is 0 Å². The third-order valence-corrected chi connectivity index (χ3v) is 2.51. The van der Waals surface area contributed by atoms with E-state index in [1.54, 1.807) is 18.2 Å². The number of carbonyl (C=O) groups is 1. The lowest BCUT2D eigenvalue weighted by Gasteiger charge is -2.14. The zero-order valence-corrected chi connectivity index (χ0v) is 9.02. The zero-order chi connectivity index (χ0) is 12.3. The summed E-state index contributed by atoms with van der Waals surface area (Å²) in [4.78, 5) is 15.0. The number of para-hydroxylation sites is 1. The first kappa shape index (κ1) is 11.3. The molecule has 2 rings (SSSR count). The van der Waals surface area contributed by atoms with E-state index in [0.29, 0.717) is 11.3 Å². The quantitative estimate of drug-likeness (QED) is 0.795. The first-order chi connectivity index (χ1) is 8.24. The Kier molecular flexibility index (Phi) is 3.15. The van der Waals surface area contributed by atoms with Crippen LogP contribution in [0.4, 0.5) is 0 Å². The molecule has 1 heterocycles. The first-order valence-corrected chi connectivity index (χ1v) is 5.11. The number of nitrogens with zero attached hydrogens (tertiary/aromatic N) is 3. The number of carboxylic acids is 1. The summed E-state index contributed by atoms with van der Waals surface area (Å²) in [6.07, 6.45) is 2.92. The van der Waals surface area contributed by atoms with Crippen LogP contribution in [0.15, 0.2) is 36.9 Å². The molecule has 0 spiro atoms. The van der Waals surface area contributed by atoms with Crippen molar-refractivity contribution in [1.82, 2.24) is 14.8 Å². The van der Waals surface area contributed by atoms with Crippen LogP contribution in [0, 0.1) is 0 Å². The van der Waals surface area contributed by atoms with Crippen LogP contribution in [0.1, 0.15) is 11.5 Å². The normalized spacial score (nSPS) is 12.3. The molecule has 0 radical (unpaired) electrons. The van der Waals surface area contributed by atoms with Gasteiger partial charge in [0.05, 0.1) is 11.6 Å². The molecule has 2 aromatic rings. The van der Waals surface area contributed by atoms with Crippen molar-refractivity contribution in [1.29, 1.82) is 0 Å². The Hall–Kier alpha value is -2.21. The fourth-order valence-electron chi connectivity index (χ4n) is 1.68. The van der Waals surface area contributed by atoms with E-state index in [2.05, 4.69) is 10.1 Å². The Labute approximate surface area is 97.7 Å². The smallest absolute Gasteiger partial charge is 0.312 e. The maximum Gasteiger partial charge on any atom is 0.312 e. The molecular formula is C11H12N4O2. The third-order valence-electron chi connectivity index (χ3n) is 2.51. The van der Waals surface area contributed by atoms with Crippen molar-refractivity contribution in [2.24, 2.45) is 5.73 Å². The molecule has 0 bridgehead atoms. The van der Waals surface area contributed by atoms with Gasteiger partial charge in [-0.1, -0.05) is 18.2 Å². The number of hydrogen-bond acceptors (Lipinski definition) is 4. The number of carboxylic acid groups (broad SMARTS) is 1. The topological polar surface area (TPSA) is 94.0 Å². The summed E-state index contributed by atoms with van der Waals surface area (Å²) in [6.45, 7) is 0.0427. The number of rotatable bonds is 4. The van der Waals surface area contributed by atoms with Gasteiger partial charge in [0.25, 0.3) is 0 Å². The monoisotopic (exact) mass is 232 g/mol. The highest BCUT2D eigenvalue weighted by Gasteiger charge is 2.21. The minimum absolute atomic E-state index is 0.0427. The Morgan fingerprint density at radius 1 is 1.47 bits per heavy atom. The summed E-state index contributed by atoms with van der Waals surface area (Å²) in [7, 11) is 0. The van der Waals surface area contributed by atoms with Gasteiger partial charge in [0.2, 0.25) is 0 Å². The summed E-state index contributed by atoms with van der Waals surface area (Å²) in [5.74, 6) is -1.68. The molecule has 1 atom stereocenters. The Bertz CT molecular complexity index is 510. The Morgan fingerprint density at radius 3 is 2.82 bits per heavy atom. The second-order valence-electron chi connectivity index (χ2n) is 3.53. The van der Waals surface area contributed by atoms with Crippen molar-refractivity contribution >= 4 is 5.97 Å². The SMILES string of the molecule is NCC(C(=O)O)c1ccccc1-n1cncn1. The predicted octanol–water partition coefficient (Wildman–Crippen LogP) is 0.394. The second-order valence-corrected chi connectivity index (χ2v) is 3.53. The zero-order valence-electron chi connectivity index (χ0n) is 9.02. The van der Waals surface area contributed by atoms with Crippen LogP contribution in [0.3, 0.4) is 0 Å². The highest BCUT2D eigenvalue weighted by Crippen LogP contribution is 2.22. The van der Waals surface area contributed by atoms with Crippen LogP contribution in [0.2, 0.25) is 0 Å². The molecule has 17 heavy (non-hydrogen) atoms. The van der Waals surface area contributed by atoms with Crippen molar-refractivity contribution in [3.05, 3.63) is 42.5 Å². The Morgan fingerprint density at radius 2 is 2.24 bits per heavy atom. The number of hydrogen-bond donors (Lipinski definition) is 2. The van der Waals surface area contributed by atoms with Crippen LogP contribution < -0.4 is 5.73 Å². The molecule has 1 unspecified atom stereocenters. The predicted molar refractivity (Wildman–Crippen MR) is 60.8 cm³/mol. The van der Waals surface area contributed by atoms with E-state index >= 15 is 0 Å². The molecule has 6 nitrogen and oxygen atoms in total. The van der Waals surface area contributed by atoms with Gasteiger partial charge in [0, 0.05) is 6.54 Å². The van der Waals surface area contributed by atoms with Gasteiger partial charge in [-0.2, -0.15) is 5.10 Å². The highest BCUT2D eigenvalue weighted by atomic mass is 16.4. The van der Waals surface area contributed by atoms with Gasteiger partial charge in [-0.05, 0) is 11.6 Å². The molecule has 0 saturated heterocycles. The van der Waals surface area contributed by atoms with E-state index in [9.17, 15) is 4.79 Å². The van der Waals surface area contributed by atoms with Crippen LogP contribution in [0.25, 0.3) is 5.69 Å². The largest absolute Gasteiger partial charge is 0.481 e. The molecule has 1 aromatic carbocycles. The molecule has 88 valence electrons. The molecule has 0 aliphatic rings. The number of aromatic nitrogens is 3. The van der Waals surface area contributed by atoms with E-state index < -0.39 is 11.9 Å². The van der Waals surface area contributed by atoms with E-state index in [1.165, 1.54) is 17.3 Å². The summed E-state index contributed by atoms with van der Waals surface area (Å²) in [6, 6.07) is 7.12. The van der Waals surface area contributed by atoms with Gasteiger partial charge >= 0.3 is 5.97 Å². The van der Waals surface area contributed by atoms with E-state index in [-0.39, 0.29) is 6.54 Å². The van der Waals surface area contributed by atoms with Crippen molar-refractivity contribution in [2.45, 2.75) is 5.92 Å². The molecular weight excluding hydrogens is 220 g/mol. The van der Waals surface area contributed by atoms with Gasteiger partial charge in [-0.25, -0.2) is 9.67 Å². The van der Waals surface area contributed by atoms with Gasteiger partial charge in [-0.3, -0.25) is 4.79 Å². The molecule has 1 aromatic heterocycles. The van der Waals surface area contributed by atoms with Crippen LogP contribution >= 0.6 is 0 Å². The van der Waals surface area contributed by atoms with Gasteiger partial charge in [0.1, 0.15) is 12.7 Å². The lowest BCUT2D eigenvalue weighted by molar-refractivity contribution is -0.138. The molecule has 0 aliphatic carbocycles. The summed E-state index contributed by atoms with van der Waals surface area (Å²) in [5.41, 5.74) is 6.82. The van der Waals surface area contributed by atoms with Crippen LogP contribution in [-0.2, 0) is 4.79 Å². The summed E-state index contributed by atoms with van der Waals surface area (Å²) in [5, 5.41) is 13.1. The number of nitrogens with two attached hydrogens (primary N) is 1. The molecule has 0 aliphatic heterocycles. The minimum Gasteiger partial charge on any atom is -0.481 e. The van der Waals surface area contributed by atoms with Gasteiger partial charge < -0.3 is 10.8 Å². The molecule has 0 amide bonds. The molecule has 0 saturated carbocycles. The van der Waals surface area contributed by atoms with Crippen LogP contribution in [-0.4, -0.2) is 32.4 Å². The minimum atomic E-state index is -0.944. The third kappa shape index (κ3) is 2.16. The van der Waals surface area contributed by atoms with Crippen molar-refractivity contribution in [2.75, 3.05) is 6.54 Å². The number of aliphatic carboxylic acids is 1. The van der Waals surface area contributed by atoms with Crippen molar-refractivity contribution in [3.8, 4) is 5.69 Å². The highest BCUT2D eigenvalue weighted by molar-refractivity contribution is 5.78. The van der Waals surface area contributed by atoms with E-state index in [4.69, 9.17) is 10.8 Å². The average Bonchev–Trinajstić information content (AvgIpc) is 2.83. The van der Waals surface area contributed by atoms with Gasteiger partial charge in [0.15, 0.2) is 0 Å². The maximum atomic E-state index is 11.1. The first-order valence-electron chi connectivity index (χ1n) is 5.11. The maximum absolute atomic E-state index is 11.1. The number of benzene rings is 1. The lowest BCUT2D eigenvalue weighted by atomic mass is 9.97. The van der Waals surface area contributed by atoms with E-state index in [0.717, 1.165) is 0 Å². The summed E-state index contributed by atoms with van der Waals surface area (Å²) >= 11 is 0. The van der Waals surface area contributed by atoms with E-state index in [1.807, 2.05) is 6.07 Å². The van der Waals surface area contributed by atoms with Crippen LogP contribution in [0.5, 0.6) is 0 Å². The lowest BCUT2D eigenvalue weighted by Crippen LogP contribution is -2.22. The molecule has 3 N–H and O–H groups in total. The average molecular weight is 232 g/mol. The van der Waals surface area contributed by atoms with Gasteiger partial charge in [-0.15, -0.1) is 0 Å². The fourth-order valence-corrected chi connectivity index (χ4v) is 1.68. The second kappa shape index (κ2) is 4.75.